The molecule has 1 aromatic rings. The standard InChI is InChI=1S/C51H84N12O15/c1-12-25(8)39(60-43(69)31(57-46(72)37(54)23(4)5)19-29-15-17-30(65)18-16-29)49(75)58-33(21-35(53)67)45(71)61-40(26(9)13-2)50(76)63-42(28(11)64)47(73)55-22-36(68)56-32(20-34(52)66)44(70)59-38(24(6)7)48(74)62-41(51(77)78)27(10)14-3/h15-18,23-28,31-33,37-42,64-65H,12-14,19-22,54H2,1-11H3,(H2,52,66)(H2,53,67)(H,55,73)(H,56,68)(H,57,72)(H,58,75)(H,59,70)(H,60,69)(H,61,71)(H,62,74)(H,63,76)(H,77,78)/t25-,26-,27-,28+,31-,32-,33-,37-,38-,39-,40-,41-,42-/m0/s1. The Bertz CT molecular complexity index is 2260. The molecule has 0 saturated heterocycles. The van der Waals surface area contributed by atoms with Crippen LogP contribution in [0.5, 0.6) is 5.75 Å². The van der Waals surface area contributed by atoms with Crippen molar-refractivity contribution in [2.75, 3.05) is 6.54 Å². The van der Waals surface area contributed by atoms with E-state index in [0.717, 1.165) is 6.92 Å². The highest BCUT2D eigenvalue weighted by Gasteiger charge is 2.38. The van der Waals surface area contributed by atoms with Crippen LogP contribution in [0.4, 0.5) is 0 Å². The average Bonchev–Trinajstić information content (AvgIpc) is 3.36. The number of carbonyl (C=O) groups excluding carboxylic acids is 11. The Morgan fingerprint density at radius 2 is 0.859 bits per heavy atom. The van der Waals surface area contributed by atoms with E-state index in [2.05, 4.69) is 47.9 Å². The van der Waals surface area contributed by atoms with Crippen molar-refractivity contribution in [3.8, 4) is 5.75 Å². The summed E-state index contributed by atoms with van der Waals surface area (Å²) in [5.74, 6) is -14.8. The molecule has 18 N–H and O–H groups in total. The van der Waals surface area contributed by atoms with Crippen molar-refractivity contribution in [2.45, 2.75) is 175 Å². The predicted molar refractivity (Wildman–Crippen MR) is 283 cm³/mol. The number of rotatable bonds is 34. The fourth-order valence-corrected chi connectivity index (χ4v) is 7.53. The average molecular weight is 1110 g/mol. The maximum absolute atomic E-state index is 14.1. The van der Waals surface area contributed by atoms with Crippen molar-refractivity contribution >= 4 is 70.9 Å². The van der Waals surface area contributed by atoms with E-state index in [1.54, 1.807) is 69.2 Å². The molecule has 0 aliphatic heterocycles. The van der Waals surface area contributed by atoms with E-state index in [1.165, 1.54) is 24.3 Å². The largest absolute Gasteiger partial charge is 0.508 e. The molecule has 27 heteroatoms. The van der Waals surface area contributed by atoms with Crippen molar-refractivity contribution in [1.82, 2.24) is 47.9 Å². The Balaban J connectivity index is 3.34. The molecule has 0 bridgehead atoms. The quantitative estimate of drug-likeness (QED) is 0.0326. The van der Waals surface area contributed by atoms with Gasteiger partial charge in [0.05, 0.1) is 31.5 Å². The molecule has 0 aliphatic carbocycles. The molecule has 0 aromatic heterocycles. The number of aliphatic hydroxyl groups excluding tert-OH is 1. The first-order valence-electron chi connectivity index (χ1n) is 26.0. The van der Waals surface area contributed by atoms with Crippen LogP contribution in [0.3, 0.4) is 0 Å². The lowest BCUT2D eigenvalue weighted by Crippen LogP contribution is -2.62. The van der Waals surface area contributed by atoms with Crippen LogP contribution in [0.25, 0.3) is 0 Å². The molecule has 0 unspecified atom stereocenters. The highest BCUT2D eigenvalue weighted by atomic mass is 16.4. The first-order valence-corrected chi connectivity index (χ1v) is 26.0. The van der Waals surface area contributed by atoms with Gasteiger partial charge in [-0.1, -0.05) is 101 Å². The predicted octanol–water partition coefficient (Wildman–Crippen LogP) is -3.08. The number of aliphatic carboxylic acids is 1. The molecule has 0 radical (unpaired) electrons. The Hall–Kier alpha value is -7.42. The van der Waals surface area contributed by atoms with Crippen LogP contribution in [0.1, 0.15) is 114 Å². The number of phenolic OH excluding ortho intramolecular Hbond substituents is 1. The van der Waals surface area contributed by atoms with E-state index >= 15 is 0 Å². The van der Waals surface area contributed by atoms with E-state index < -0.39 is 174 Å². The number of benzene rings is 1. The number of nitrogens with two attached hydrogens (primary N) is 3. The van der Waals surface area contributed by atoms with Crippen LogP contribution < -0.4 is 65.1 Å². The summed E-state index contributed by atoms with van der Waals surface area (Å²) in [4.78, 5) is 159. The van der Waals surface area contributed by atoms with E-state index in [9.17, 15) is 72.9 Å². The fourth-order valence-electron chi connectivity index (χ4n) is 7.53. The summed E-state index contributed by atoms with van der Waals surface area (Å²) < 4.78 is 0. The summed E-state index contributed by atoms with van der Waals surface area (Å²) in [5, 5.41) is 51.9. The minimum absolute atomic E-state index is 0.0433. The van der Waals surface area contributed by atoms with E-state index in [0.29, 0.717) is 18.4 Å². The maximum atomic E-state index is 14.1. The van der Waals surface area contributed by atoms with Crippen LogP contribution in [0.15, 0.2) is 24.3 Å². The number of carbonyl (C=O) groups is 12. The van der Waals surface area contributed by atoms with Gasteiger partial charge in [-0.15, -0.1) is 0 Å². The SMILES string of the molecule is CC[C@H](C)[C@H](NC(=O)[C@@H](NC(=O)[C@H](CC(N)=O)NC(=O)CNC(=O)[C@@H](NC(=O)[C@@H](NC(=O)[C@H](CC(N)=O)NC(=O)[C@@H](NC(=O)[C@H](Cc1ccc(O)cc1)NC(=O)[C@@H](N)C(C)C)[C@@H](C)CC)[C@@H](C)CC)[C@@H](C)O)C(C)C)C(=O)O. The Labute approximate surface area is 454 Å². The van der Waals surface area contributed by atoms with E-state index in [1.807, 2.05) is 0 Å². The van der Waals surface area contributed by atoms with Crippen molar-refractivity contribution in [2.24, 2.45) is 46.8 Å². The van der Waals surface area contributed by atoms with Crippen LogP contribution >= 0.6 is 0 Å². The number of aliphatic hydroxyl groups is 1. The summed E-state index contributed by atoms with van der Waals surface area (Å²) in [6, 6.07) is -7.15. The molecular formula is C51H84N12O15. The topological polar surface area (TPSA) is 452 Å². The Morgan fingerprint density at radius 1 is 0.474 bits per heavy atom. The smallest absolute Gasteiger partial charge is 0.326 e. The number of nitrogens with one attached hydrogen (secondary N) is 9. The van der Waals surface area contributed by atoms with Gasteiger partial charge in [-0.2, -0.15) is 0 Å². The first kappa shape index (κ1) is 68.6. The normalized spacial score (nSPS) is 16.2. The summed E-state index contributed by atoms with van der Waals surface area (Å²) >= 11 is 0. The number of phenols is 1. The van der Waals surface area contributed by atoms with Crippen molar-refractivity contribution < 1.29 is 72.9 Å². The second-order valence-electron chi connectivity index (χ2n) is 20.4. The number of hydrogen-bond acceptors (Lipinski definition) is 15. The van der Waals surface area contributed by atoms with Gasteiger partial charge >= 0.3 is 5.97 Å². The fraction of sp³-hybridized carbons (Fsp3) is 0.647. The maximum Gasteiger partial charge on any atom is 0.326 e. The monoisotopic (exact) mass is 1100 g/mol. The Morgan fingerprint density at radius 3 is 1.28 bits per heavy atom. The summed E-state index contributed by atoms with van der Waals surface area (Å²) in [6.45, 7) is 16.7. The number of aromatic hydroxyl groups is 1. The number of primary amides is 2. The van der Waals surface area contributed by atoms with Crippen LogP contribution in [-0.2, 0) is 64.0 Å². The second kappa shape index (κ2) is 33.0. The van der Waals surface area contributed by atoms with Crippen LogP contribution in [0, 0.1) is 29.6 Å². The van der Waals surface area contributed by atoms with Gasteiger partial charge < -0.3 is 80.4 Å². The molecule has 1 rings (SSSR count). The third kappa shape index (κ3) is 22.7. The number of amides is 11. The molecule has 0 heterocycles. The van der Waals surface area contributed by atoms with Crippen molar-refractivity contribution in [3.05, 3.63) is 29.8 Å². The molecule has 1 aromatic carbocycles. The lowest BCUT2D eigenvalue weighted by Gasteiger charge is -2.30. The zero-order valence-electron chi connectivity index (χ0n) is 46.4. The van der Waals surface area contributed by atoms with Gasteiger partial charge in [-0.3, -0.25) is 52.7 Å². The molecule has 13 atom stereocenters. The van der Waals surface area contributed by atoms with E-state index in [4.69, 9.17) is 17.2 Å². The lowest BCUT2D eigenvalue weighted by molar-refractivity contribution is -0.144. The molecular weight excluding hydrogens is 1020 g/mol. The van der Waals surface area contributed by atoms with Gasteiger partial charge in [0.1, 0.15) is 54.1 Å². The van der Waals surface area contributed by atoms with Gasteiger partial charge in [0.2, 0.25) is 65.0 Å². The summed E-state index contributed by atoms with van der Waals surface area (Å²) in [5.41, 5.74) is 17.4. The highest BCUT2D eigenvalue weighted by molar-refractivity contribution is 6.00. The van der Waals surface area contributed by atoms with Gasteiger partial charge in [0, 0.05) is 6.42 Å². The minimum Gasteiger partial charge on any atom is -0.508 e. The first-order chi connectivity index (χ1) is 36.3. The molecule has 0 spiro atoms. The molecule has 11 amide bonds. The number of hydrogen-bond donors (Lipinski definition) is 15. The Kier molecular flexibility index (Phi) is 29.0. The zero-order chi connectivity index (χ0) is 59.9. The molecule has 0 aliphatic rings. The summed E-state index contributed by atoms with van der Waals surface area (Å²) in [6.07, 6.45) is -2.35. The molecule has 78 heavy (non-hydrogen) atoms. The van der Waals surface area contributed by atoms with Crippen molar-refractivity contribution in [3.63, 3.8) is 0 Å². The lowest BCUT2D eigenvalue weighted by atomic mass is 9.95. The third-order valence-electron chi connectivity index (χ3n) is 13.2. The highest BCUT2D eigenvalue weighted by Crippen LogP contribution is 2.16. The van der Waals surface area contributed by atoms with E-state index in [-0.39, 0.29) is 24.5 Å². The molecule has 0 fully saturated rings. The van der Waals surface area contributed by atoms with Crippen LogP contribution in [0.2, 0.25) is 0 Å². The summed E-state index contributed by atoms with van der Waals surface area (Å²) in [7, 11) is 0. The third-order valence-corrected chi connectivity index (χ3v) is 13.2. The molecule has 0 saturated carbocycles. The number of carboxylic acid groups (broad SMARTS) is 1. The minimum atomic E-state index is -1.79. The van der Waals surface area contributed by atoms with Gasteiger partial charge in [-0.05, 0) is 54.2 Å². The zero-order valence-corrected chi connectivity index (χ0v) is 46.4. The number of carboxylic acids is 1. The second-order valence-corrected chi connectivity index (χ2v) is 20.4. The van der Waals surface area contributed by atoms with Gasteiger partial charge in [0.25, 0.3) is 0 Å². The van der Waals surface area contributed by atoms with Crippen LogP contribution in [-0.4, -0.2) is 153 Å². The van der Waals surface area contributed by atoms with Gasteiger partial charge in [-0.25, -0.2) is 4.79 Å². The molecule has 438 valence electrons. The molecule has 27 nitrogen and oxygen atoms in total. The van der Waals surface area contributed by atoms with Gasteiger partial charge in [0.15, 0.2) is 0 Å². The van der Waals surface area contributed by atoms with Crippen molar-refractivity contribution in [1.29, 1.82) is 0 Å².